The lowest BCUT2D eigenvalue weighted by Gasteiger charge is -2.16. The van der Waals surface area contributed by atoms with Crippen molar-refractivity contribution in [1.82, 2.24) is 9.97 Å². The third-order valence-electron chi connectivity index (χ3n) is 5.65. The Morgan fingerprint density at radius 1 is 0.892 bits per heavy atom. The van der Waals surface area contributed by atoms with Crippen LogP contribution in [0.2, 0.25) is 0 Å². The average Bonchev–Trinajstić information content (AvgIpc) is 2.80. The van der Waals surface area contributed by atoms with Crippen LogP contribution in [0.3, 0.4) is 0 Å². The number of allylic oxidation sites excluding steroid dienone is 7. The largest absolute Gasteiger partial charge is 0.344 e. The van der Waals surface area contributed by atoms with Crippen LogP contribution in [0.4, 0.5) is 5.95 Å². The summed E-state index contributed by atoms with van der Waals surface area (Å²) in [6, 6.07) is 1.02. The van der Waals surface area contributed by atoms with Crippen molar-refractivity contribution in [2.45, 2.75) is 79.2 Å². The van der Waals surface area contributed by atoms with Gasteiger partial charge in [0.2, 0.25) is 5.95 Å². The summed E-state index contributed by atoms with van der Waals surface area (Å²) in [6.07, 6.45) is 19.9. The summed E-state index contributed by atoms with van der Waals surface area (Å²) >= 11 is 1.59. The molecule has 1 heterocycles. The lowest BCUT2D eigenvalue weighted by atomic mass is 10.0. The minimum Gasteiger partial charge on any atom is -0.344 e. The van der Waals surface area contributed by atoms with Gasteiger partial charge >= 0.3 is 0 Å². The van der Waals surface area contributed by atoms with Crippen molar-refractivity contribution in [1.29, 1.82) is 0 Å². The van der Waals surface area contributed by atoms with E-state index in [4.69, 9.17) is 0 Å². The molecular formula is C29H45N3O3S2. The van der Waals surface area contributed by atoms with Crippen LogP contribution in [0.1, 0.15) is 73.1 Å². The van der Waals surface area contributed by atoms with E-state index in [-0.39, 0.29) is 5.78 Å². The van der Waals surface area contributed by atoms with Crippen molar-refractivity contribution in [2.75, 3.05) is 28.8 Å². The summed E-state index contributed by atoms with van der Waals surface area (Å²) in [5.41, 5.74) is 5.59. The average molecular weight is 548 g/mol. The topological polar surface area (TPSA) is 89.0 Å². The molecule has 6 nitrogen and oxygen atoms in total. The van der Waals surface area contributed by atoms with Gasteiger partial charge in [-0.2, -0.15) is 11.8 Å². The van der Waals surface area contributed by atoms with Crippen LogP contribution in [0.15, 0.2) is 65.1 Å². The molecule has 0 fully saturated rings. The van der Waals surface area contributed by atoms with Gasteiger partial charge in [-0.15, -0.1) is 0 Å². The van der Waals surface area contributed by atoms with Crippen molar-refractivity contribution in [3.8, 4) is 0 Å². The molecule has 0 saturated carbocycles. The van der Waals surface area contributed by atoms with Crippen LogP contribution < -0.4 is 5.32 Å². The van der Waals surface area contributed by atoms with Crippen LogP contribution in [0, 0.1) is 0 Å². The van der Waals surface area contributed by atoms with Gasteiger partial charge in [-0.05, 0) is 79.2 Å². The number of carbonyl (C=O) groups is 1. The van der Waals surface area contributed by atoms with Gasteiger partial charge in [0, 0.05) is 30.2 Å². The zero-order valence-electron chi connectivity index (χ0n) is 23.4. The highest BCUT2D eigenvalue weighted by molar-refractivity contribution is 7.99. The fourth-order valence-corrected chi connectivity index (χ4v) is 5.24. The number of rotatable bonds is 18. The van der Waals surface area contributed by atoms with E-state index in [1.54, 1.807) is 30.2 Å². The molecule has 0 spiro atoms. The molecule has 0 aliphatic rings. The van der Waals surface area contributed by atoms with Gasteiger partial charge in [-0.3, -0.25) is 4.79 Å². The number of anilines is 1. The van der Waals surface area contributed by atoms with Crippen molar-refractivity contribution >= 4 is 33.3 Å². The molecule has 1 aromatic rings. The normalized spacial score (nSPS) is 13.8. The Hall–Kier alpha value is -2.19. The number of sulfone groups is 1. The van der Waals surface area contributed by atoms with E-state index in [1.807, 2.05) is 0 Å². The standard InChI is InChI=1S/C29H45N3O3S2/c1-23(2)11-7-12-24(3)13-8-14-25(4)15-9-16-26(5)17-20-36-21-27(28(33)22-37(6,34)35)32-29-30-18-10-19-31-29/h10-11,13,15,17-19,27H,7-9,12,14,16,20-22H2,1-6H3,(H,30,31,32). The maximum atomic E-state index is 12.5. The molecule has 1 atom stereocenters. The van der Waals surface area contributed by atoms with Gasteiger partial charge in [0.1, 0.15) is 5.75 Å². The van der Waals surface area contributed by atoms with Gasteiger partial charge in [0.15, 0.2) is 15.6 Å². The predicted molar refractivity (Wildman–Crippen MR) is 160 cm³/mol. The van der Waals surface area contributed by atoms with Gasteiger partial charge in [-0.1, -0.05) is 46.6 Å². The number of hydrogen-bond acceptors (Lipinski definition) is 7. The van der Waals surface area contributed by atoms with Crippen LogP contribution >= 0.6 is 11.8 Å². The molecule has 0 bridgehead atoms. The first-order valence-electron chi connectivity index (χ1n) is 12.9. The Labute approximate surface area is 229 Å². The van der Waals surface area contributed by atoms with Crippen LogP contribution in [0.25, 0.3) is 0 Å². The van der Waals surface area contributed by atoms with E-state index in [9.17, 15) is 13.2 Å². The van der Waals surface area contributed by atoms with Crippen LogP contribution in [0.5, 0.6) is 0 Å². The maximum Gasteiger partial charge on any atom is 0.223 e. The second-order valence-electron chi connectivity index (χ2n) is 9.89. The highest BCUT2D eigenvalue weighted by Gasteiger charge is 2.22. The molecule has 1 rings (SSSR count). The smallest absolute Gasteiger partial charge is 0.223 e. The number of nitrogens with zero attached hydrogens (tertiary/aromatic N) is 2. The maximum absolute atomic E-state index is 12.5. The third kappa shape index (κ3) is 17.8. The molecule has 0 saturated heterocycles. The Balaban J connectivity index is 2.44. The van der Waals surface area contributed by atoms with E-state index < -0.39 is 21.6 Å². The minimum atomic E-state index is -3.40. The Morgan fingerprint density at radius 3 is 1.92 bits per heavy atom. The van der Waals surface area contributed by atoms with Crippen molar-refractivity contribution < 1.29 is 13.2 Å². The predicted octanol–water partition coefficient (Wildman–Crippen LogP) is 6.75. The second-order valence-corrected chi connectivity index (χ2v) is 13.1. The molecule has 1 N–H and O–H groups in total. The Morgan fingerprint density at radius 2 is 1.41 bits per heavy atom. The quantitative estimate of drug-likeness (QED) is 0.161. The number of thioether (sulfide) groups is 1. The molecule has 8 heteroatoms. The molecule has 1 unspecified atom stereocenters. The summed E-state index contributed by atoms with van der Waals surface area (Å²) < 4.78 is 23.2. The van der Waals surface area contributed by atoms with Crippen LogP contribution in [-0.4, -0.2) is 53.7 Å². The number of hydrogen-bond donors (Lipinski definition) is 1. The molecule has 0 aliphatic heterocycles. The molecule has 0 aromatic carbocycles. The van der Waals surface area contributed by atoms with Gasteiger partial charge in [0.05, 0.1) is 6.04 Å². The third-order valence-corrected chi connectivity index (χ3v) is 7.43. The summed E-state index contributed by atoms with van der Waals surface area (Å²) in [6.45, 7) is 10.8. The molecule has 37 heavy (non-hydrogen) atoms. The fourth-order valence-electron chi connectivity index (χ4n) is 3.48. The second kappa shape index (κ2) is 18.1. The number of aromatic nitrogens is 2. The number of nitrogens with one attached hydrogen (secondary N) is 1. The Kier molecular flexibility index (Phi) is 16.1. The molecule has 1 aromatic heterocycles. The molecule has 0 radical (unpaired) electrons. The van der Waals surface area contributed by atoms with E-state index in [0.717, 1.165) is 50.5 Å². The fraction of sp³-hybridized carbons (Fsp3) is 0.552. The summed E-state index contributed by atoms with van der Waals surface area (Å²) in [5, 5.41) is 2.98. The van der Waals surface area contributed by atoms with E-state index >= 15 is 0 Å². The van der Waals surface area contributed by atoms with E-state index in [2.05, 4.69) is 74.2 Å². The summed E-state index contributed by atoms with van der Waals surface area (Å²) in [7, 11) is -3.40. The monoisotopic (exact) mass is 547 g/mol. The highest BCUT2D eigenvalue weighted by atomic mass is 32.2. The molecule has 0 aliphatic carbocycles. The lowest BCUT2D eigenvalue weighted by Crippen LogP contribution is -2.36. The number of Topliss-reactive ketones (excluding diaryl/α,β-unsaturated/α-hetero) is 1. The summed E-state index contributed by atoms with van der Waals surface area (Å²) in [5.74, 6) is 0.645. The van der Waals surface area contributed by atoms with Crippen molar-refractivity contribution in [2.24, 2.45) is 0 Å². The van der Waals surface area contributed by atoms with Crippen molar-refractivity contribution in [3.63, 3.8) is 0 Å². The molecular weight excluding hydrogens is 502 g/mol. The Bertz CT molecular complexity index is 1060. The highest BCUT2D eigenvalue weighted by Crippen LogP contribution is 2.15. The van der Waals surface area contributed by atoms with Crippen molar-refractivity contribution in [3.05, 3.63) is 65.1 Å². The minimum absolute atomic E-state index is 0.318. The van der Waals surface area contributed by atoms with Gasteiger partial charge in [0.25, 0.3) is 0 Å². The van der Waals surface area contributed by atoms with Crippen LogP contribution in [-0.2, 0) is 14.6 Å². The SMILES string of the molecule is CC(C)=CCCC(C)=CCCC(C)=CCCC(C)=CCSCC(Nc1ncccn1)C(=O)CS(C)(=O)=O. The summed E-state index contributed by atoms with van der Waals surface area (Å²) in [4.78, 5) is 20.7. The zero-order valence-corrected chi connectivity index (χ0v) is 25.1. The number of ketones is 1. The van der Waals surface area contributed by atoms with E-state index in [1.165, 1.54) is 22.3 Å². The first-order valence-corrected chi connectivity index (χ1v) is 16.1. The van der Waals surface area contributed by atoms with E-state index in [0.29, 0.717) is 11.7 Å². The zero-order chi connectivity index (χ0) is 27.7. The van der Waals surface area contributed by atoms with Gasteiger partial charge < -0.3 is 5.32 Å². The molecule has 0 amide bonds. The molecule has 206 valence electrons. The lowest BCUT2D eigenvalue weighted by molar-refractivity contribution is -0.117. The number of carbonyl (C=O) groups excluding carboxylic acids is 1. The van der Waals surface area contributed by atoms with Gasteiger partial charge in [-0.25, -0.2) is 18.4 Å². The first kappa shape index (κ1) is 32.8. The first-order chi connectivity index (χ1) is 17.5.